The van der Waals surface area contributed by atoms with Gasteiger partial charge in [-0.3, -0.25) is 14.4 Å². The molecule has 0 bridgehead atoms. The maximum atomic E-state index is 12.5. The highest BCUT2D eigenvalue weighted by Gasteiger charge is 2.11. The smallest absolute Gasteiger partial charge is 0.255 e. The Kier molecular flexibility index (Phi) is 5.13. The van der Waals surface area contributed by atoms with Gasteiger partial charge in [0.1, 0.15) is 0 Å². The Morgan fingerprint density at radius 1 is 1.11 bits per heavy atom. The lowest BCUT2D eigenvalue weighted by atomic mass is 10.1. The number of fused-ring (bicyclic) bond motifs is 1. The number of hydrogen-bond acceptors (Lipinski definition) is 3. The fraction of sp³-hybridized carbons (Fsp3) is 0.136. The number of likely N-dealkylation sites (N-methyl/N-ethyl adjacent to an activating group) is 1. The molecule has 2 aromatic carbocycles. The topological polar surface area (TPSA) is 71.4 Å². The molecule has 1 heterocycles. The Morgan fingerprint density at radius 2 is 1.79 bits per heavy atom. The summed E-state index contributed by atoms with van der Waals surface area (Å²) in [6, 6.07) is 14.0. The quantitative estimate of drug-likeness (QED) is 0.712. The molecule has 0 saturated heterocycles. The molecule has 0 radical (unpaired) electrons. The van der Waals surface area contributed by atoms with E-state index in [-0.39, 0.29) is 17.4 Å². The third kappa shape index (κ3) is 3.57. The molecule has 0 aliphatic rings. The van der Waals surface area contributed by atoms with Crippen molar-refractivity contribution in [2.75, 3.05) is 17.3 Å². The Bertz CT molecular complexity index is 1140. The molecular formula is C22H21N3O3. The SMILES string of the molecule is C=CC(=O)N(C)c1ccc(C(=O)Nc2ccc3c(c2)cc(C)c(=O)n3C)cc1. The van der Waals surface area contributed by atoms with E-state index in [0.29, 0.717) is 22.5 Å². The van der Waals surface area contributed by atoms with Gasteiger partial charge >= 0.3 is 0 Å². The van der Waals surface area contributed by atoms with E-state index in [1.807, 2.05) is 18.2 Å². The number of nitrogens with one attached hydrogen (secondary N) is 1. The lowest BCUT2D eigenvalue weighted by molar-refractivity contribution is -0.113. The van der Waals surface area contributed by atoms with Gasteiger partial charge in [0.15, 0.2) is 0 Å². The van der Waals surface area contributed by atoms with Gasteiger partial charge in [0, 0.05) is 42.0 Å². The van der Waals surface area contributed by atoms with Crippen molar-refractivity contribution in [1.82, 2.24) is 4.57 Å². The molecule has 6 heteroatoms. The van der Waals surface area contributed by atoms with Gasteiger partial charge in [0.25, 0.3) is 11.5 Å². The number of benzene rings is 2. The van der Waals surface area contributed by atoms with E-state index in [0.717, 1.165) is 10.9 Å². The van der Waals surface area contributed by atoms with Crippen molar-refractivity contribution in [2.45, 2.75) is 6.92 Å². The minimum atomic E-state index is -0.259. The van der Waals surface area contributed by atoms with E-state index < -0.39 is 0 Å². The molecule has 0 saturated carbocycles. The van der Waals surface area contributed by atoms with Crippen LogP contribution >= 0.6 is 0 Å². The number of rotatable bonds is 4. The van der Waals surface area contributed by atoms with Crippen LogP contribution in [0.25, 0.3) is 10.9 Å². The van der Waals surface area contributed by atoms with Gasteiger partial charge in [-0.2, -0.15) is 0 Å². The minimum absolute atomic E-state index is 0.0377. The predicted molar refractivity (Wildman–Crippen MR) is 112 cm³/mol. The van der Waals surface area contributed by atoms with Gasteiger partial charge in [0.05, 0.1) is 5.52 Å². The number of pyridine rings is 1. The zero-order chi connectivity index (χ0) is 20.4. The van der Waals surface area contributed by atoms with Crippen LogP contribution in [0.1, 0.15) is 15.9 Å². The molecule has 0 aliphatic heterocycles. The fourth-order valence-corrected chi connectivity index (χ4v) is 3.03. The van der Waals surface area contributed by atoms with E-state index in [9.17, 15) is 14.4 Å². The summed E-state index contributed by atoms with van der Waals surface area (Å²) in [5.41, 5.74) is 3.19. The number of amides is 2. The third-order valence-electron chi connectivity index (χ3n) is 4.68. The Morgan fingerprint density at radius 3 is 2.43 bits per heavy atom. The number of hydrogen-bond donors (Lipinski definition) is 1. The van der Waals surface area contributed by atoms with Gasteiger partial charge in [-0.25, -0.2) is 0 Å². The van der Waals surface area contributed by atoms with E-state index in [1.165, 1.54) is 11.0 Å². The van der Waals surface area contributed by atoms with E-state index in [2.05, 4.69) is 11.9 Å². The molecule has 28 heavy (non-hydrogen) atoms. The summed E-state index contributed by atoms with van der Waals surface area (Å²) in [5.74, 6) is -0.483. The number of aryl methyl sites for hydroxylation is 2. The number of carbonyl (C=O) groups excluding carboxylic acids is 2. The van der Waals surface area contributed by atoms with Crippen molar-refractivity contribution in [3.8, 4) is 0 Å². The van der Waals surface area contributed by atoms with Crippen molar-refractivity contribution in [1.29, 1.82) is 0 Å². The Balaban J connectivity index is 1.83. The van der Waals surface area contributed by atoms with Gasteiger partial charge in [-0.1, -0.05) is 6.58 Å². The third-order valence-corrected chi connectivity index (χ3v) is 4.68. The van der Waals surface area contributed by atoms with Crippen LogP contribution < -0.4 is 15.8 Å². The van der Waals surface area contributed by atoms with E-state index in [4.69, 9.17) is 0 Å². The fourth-order valence-electron chi connectivity index (χ4n) is 3.03. The second-order valence-electron chi connectivity index (χ2n) is 6.57. The first-order chi connectivity index (χ1) is 13.3. The highest BCUT2D eigenvalue weighted by Crippen LogP contribution is 2.20. The lowest BCUT2D eigenvalue weighted by Gasteiger charge is -2.15. The van der Waals surface area contributed by atoms with Gasteiger partial charge in [-0.15, -0.1) is 0 Å². The molecule has 0 aliphatic carbocycles. The summed E-state index contributed by atoms with van der Waals surface area (Å²) < 4.78 is 1.59. The van der Waals surface area contributed by atoms with Crippen LogP contribution in [0, 0.1) is 6.92 Å². The van der Waals surface area contributed by atoms with Crippen molar-refractivity contribution < 1.29 is 9.59 Å². The summed E-state index contributed by atoms with van der Waals surface area (Å²) >= 11 is 0. The molecule has 0 fully saturated rings. The monoisotopic (exact) mass is 375 g/mol. The number of carbonyl (C=O) groups is 2. The summed E-state index contributed by atoms with van der Waals surface area (Å²) in [7, 11) is 3.37. The molecule has 1 aromatic heterocycles. The summed E-state index contributed by atoms with van der Waals surface area (Å²) in [6.07, 6.45) is 1.23. The first-order valence-corrected chi connectivity index (χ1v) is 8.73. The van der Waals surface area contributed by atoms with Crippen LogP contribution in [0.15, 0.2) is 66.0 Å². The molecule has 3 aromatic rings. The zero-order valence-electron chi connectivity index (χ0n) is 16.0. The molecule has 6 nitrogen and oxygen atoms in total. The first kappa shape index (κ1) is 19.1. The minimum Gasteiger partial charge on any atom is -0.322 e. The maximum absolute atomic E-state index is 12.5. The summed E-state index contributed by atoms with van der Waals surface area (Å²) in [4.78, 5) is 37.7. The molecule has 0 unspecified atom stereocenters. The number of anilines is 2. The zero-order valence-corrected chi connectivity index (χ0v) is 16.0. The normalized spacial score (nSPS) is 10.5. The first-order valence-electron chi connectivity index (χ1n) is 8.73. The molecular weight excluding hydrogens is 354 g/mol. The van der Waals surface area contributed by atoms with Crippen LogP contribution in [0.3, 0.4) is 0 Å². The standard InChI is InChI=1S/C22H21N3O3/c1-5-20(26)24(3)18-9-6-15(7-10-18)21(27)23-17-8-11-19-16(13-17)12-14(2)22(28)25(19)4/h5-13H,1H2,2-4H3,(H,23,27). The van der Waals surface area contributed by atoms with Gasteiger partial charge in [-0.05, 0) is 61.5 Å². The highest BCUT2D eigenvalue weighted by atomic mass is 16.2. The van der Waals surface area contributed by atoms with E-state index in [1.54, 1.807) is 55.9 Å². The molecule has 3 rings (SSSR count). The van der Waals surface area contributed by atoms with Crippen LogP contribution in [-0.2, 0) is 11.8 Å². The number of aromatic nitrogens is 1. The largest absolute Gasteiger partial charge is 0.322 e. The average molecular weight is 375 g/mol. The molecule has 2 amide bonds. The van der Waals surface area contributed by atoms with Crippen LogP contribution in [0.4, 0.5) is 11.4 Å². The van der Waals surface area contributed by atoms with Crippen LogP contribution in [0.5, 0.6) is 0 Å². The van der Waals surface area contributed by atoms with Crippen molar-refractivity contribution >= 4 is 34.1 Å². The van der Waals surface area contributed by atoms with Crippen molar-refractivity contribution in [2.24, 2.45) is 7.05 Å². The van der Waals surface area contributed by atoms with Crippen LogP contribution in [-0.4, -0.2) is 23.4 Å². The van der Waals surface area contributed by atoms with Crippen LogP contribution in [0.2, 0.25) is 0 Å². The average Bonchev–Trinajstić information content (AvgIpc) is 2.71. The summed E-state index contributed by atoms with van der Waals surface area (Å²) in [5, 5.41) is 3.74. The van der Waals surface area contributed by atoms with Gasteiger partial charge in [0.2, 0.25) is 5.91 Å². The second kappa shape index (κ2) is 7.52. The Labute approximate surface area is 162 Å². The van der Waals surface area contributed by atoms with Crippen molar-refractivity contribution in [3.63, 3.8) is 0 Å². The molecule has 142 valence electrons. The van der Waals surface area contributed by atoms with Gasteiger partial charge < -0.3 is 14.8 Å². The molecule has 0 spiro atoms. The van der Waals surface area contributed by atoms with E-state index >= 15 is 0 Å². The maximum Gasteiger partial charge on any atom is 0.255 e. The molecule has 1 N–H and O–H groups in total. The Hall–Kier alpha value is -3.67. The lowest BCUT2D eigenvalue weighted by Crippen LogP contribution is -2.23. The number of nitrogens with zero attached hydrogens (tertiary/aromatic N) is 2. The second-order valence-corrected chi connectivity index (χ2v) is 6.57. The predicted octanol–water partition coefficient (Wildman–Crippen LogP) is 3.25. The summed E-state index contributed by atoms with van der Waals surface area (Å²) in [6.45, 7) is 5.23. The highest BCUT2D eigenvalue weighted by molar-refractivity contribution is 6.06. The van der Waals surface area contributed by atoms with Crippen molar-refractivity contribution in [3.05, 3.63) is 82.7 Å². The molecule has 0 atom stereocenters.